The average Bonchev–Trinajstić information content (AvgIpc) is 2.77. The van der Waals surface area contributed by atoms with Crippen molar-refractivity contribution in [1.82, 2.24) is 10.6 Å². The number of urea groups is 2. The Kier molecular flexibility index (Phi) is 5.53. The molecule has 0 heterocycles. The smallest absolute Gasteiger partial charge is 0.319 e. The van der Waals surface area contributed by atoms with Gasteiger partial charge in [-0.15, -0.1) is 0 Å². The number of hydrogen-bond acceptors (Lipinski definition) is 2. The van der Waals surface area contributed by atoms with Gasteiger partial charge in [-0.25, -0.2) is 9.59 Å². The maximum atomic E-state index is 12.5. The second-order valence-corrected chi connectivity index (χ2v) is 10.3. The number of benzene rings is 2. The van der Waals surface area contributed by atoms with E-state index in [0.29, 0.717) is 24.9 Å². The van der Waals surface area contributed by atoms with Crippen LogP contribution in [-0.2, 0) is 0 Å². The van der Waals surface area contributed by atoms with Crippen LogP contribution in [0.15, 0.2) is 60.7 Å². The summed E-state index contributed by atoms with van der Waals surface area (Å²) in [4.78, 5) is 25.0. The largest absolute Gasteiger partial charge is 0.337 e. The Bertz CT molecular complexity index is 873. The molecule has 4 aliphatic rings. The molecule has 2 aromatic rings. The molecule has 6 rings (SSSR count). The quantitative estimate of drug-likeness (QED) is 0.505. The van der Waals surface area contributed by atoms with E-state index in [9.17, 15) is 9.59 Å². The van der Waals surface area contributed by atoms with Gasteiger partial charge in [0.05, 0.1) is 0 Å². The zero-order valence-electron chi connectivity index (χ0n) is 18.4. The van der Waals surface area contributed by atoms with Gasteiger partial charge in [0.25, 0.3) is 0 Å². The van der Waals surface area contributed by atoms with E-state index in [1.54, 1.807) is 0 Å². The first-order chi connectivity index (χ1) is 15.5. The maximum absolute atomic E-state index is 12.5. The molecule has 0 atom stereocenters. The Morgan fingerprint density at radius 3 is 1.50 bits per heavy atom. The third-order valence-corrected chi connectivity index (χ3v) is 7.61. The van der Waals surface area contributed by atoms with Gasteiger partial charge in [0.2, 0.25) is 0 Å². The molecule has 4 saturated carbocycles. The summed E-state index contributed by atoms with van der Waals surface area (Å²) in [6, 6.07) is 18.8. The van der Waals surface area contributed by atoms with E-state index >= 15 is 0 Å². The number of hydrogen-bond donors (Lipinski definition) is 4. The Labute approximate surface area is 189 Å². The van der Waals surface area contributed by atoms with E-state index in [-0.39, 0.29) is 22.9 Å². The lowest BCUT2D eigenvalue weighted by Gasteiger charge is -2.62. The van der Waals surface area contributed by atoms with Gasteiger partial charge >= 0.3 is 12.1 Å². The van der Waals surface area contributed by atoms with Crippen LogP contribution >= 0.6 is 0 Å². The fourth-order valence-corrected chi connectivity index (χ4v) is 6.99. The lowest BCUT2D eigenvalue weighted by Crippen LogP contribution is -2.58. The van der Waals surface area contributed by atoms with Crippen LogP contribution in [0.3, 0.4) is 0 Å². The molecule has 168 valence electrons. The summed E-state index contributed by atoms with van der Waals surface area (Å²) >= 11 is 0. The SMILES string of the molecule is O=C(NCC12CC3CC(C1)CC(CNC(=O)Nc1ccccc1)(C3)C2)Nc1ccccc1. The second-order valence-electron chi connectivity index (χ2n) is 10.3. The molecule has 0 radical (unpaired) electrons. The van der Waals surface area contributed by atoms with Crippen molar-refractivity contribution < 1.29 is 9.59 Å². The van der Waals surface area contributed by atoms with E-state index in [4.69, 9.17) is 0 Å². The highest BCUT2D eigenvalue weighted by atomic mass is 16.2. The second kappa shape index (κ2) is 8.49. The van der Waals surface area contributed by atoms with Gasteiger partial charge in [-0.05, 0) is 85.5 Å². The van der Waals surface area contributed by atoms with Crippen LogP contribution in [0.25, 0.3) is 0 Å². The van der Waals surface area contributed by atoms with E-state index in [2.05, 4.69) is 21.3 Å². The molecule has 4 N–H and O–H groups in total. The third kappa shape index (κ3) is 4.59. The highest BCUT2D eigenvalue weighted by molar-refractivity contribution is 5.89. The zero-order valence-corrected chi connectivity index (χ0v) is 18.4. The molecule has 0 aliphatic heterocycles. The van der Waals surface area contributed by atoms with Gasteiger partial charge in [0.15, 0.2) is 0 Å². The summed E-state index contributed by atoms with van der Waals surface area (Å²) in [5, 5.41) is 12.2. The molecule has 0 spiro atoms. The maximum Gasteiger partial charge on any atom is 0.319 e. The lowest BCUT2D eigenvalue weighted by molar-refractivity contribution is -0.105. The minimum atomic E-state index is -0.138. The molecule has 0 aromatic heterocycles. The Morgan fingerprint density at radius 1 is 0.688 bits per heavy atom. The zero-order chi connectivity index (χ0) is 22.0. The predicted molar refractivity (Wildman–Crippen MR) is 126 cm³/mol. The van der Waals surface area contributed by atoms with Crippen molar-refractivity contribution in [3.05, 3.63) is 60.7 Å². The highest BCUT2D eigenvalue weighted by Gasteiger charge is 2.57. The first-order valence-corrected chi connectivity index (χ1v) is 11.7. The highest BCUT2D eigenvalue weighted by Crippen LogP contribution is 2.64. The molecular weight excluding hydrogens is 400 g/mol. The fourth-order valence-electron chi connectivity index (χ4n) is 6.99. The fraction of sp³-hybridized carbons (Fsp3) is 0.462. The Morgan fingerprint density at radius 2 is 1.09 bits per heavy atom. The summed E-state index contributed by atoms with van der Waals surface area (Å²) in [5.41, 5.74) is 1.91. The van der Waals surface area contributed by atoms with Gasteiger partial charge in [-0.1, -0.05) is 36.4 Å². The Hall–Kier alpha value is -3.02. The molecule has 32 heavy (non-hydrogen) atoms. The molecule has 0 unspecified atom stereocenters. The number of rotatable bonds is 6. The summed E-state index contributed by atoms with van der Waals surface area (Å²) in [6.45, 7) is 1.41. The van der Waals surface area contributed by atoms with Gasteiger partial charge in [-0.2, -0.15) is 0 Å². The topological polar surface area (TPSA) is 82.3 Å². The number of nitrogens with one attached hydrogen (secondary N) is 4. The van der Waals surface area contributed by atoms with E-state index in [1.165, 1.54) is 32.1 Å². The standard InChI is InChI=1S/C26H32N4O2/c31-23(29-21-7-3-1-4-8-21)27-17-25-12-19-11-20(13-25)15-26(14-19,16-25)18-28-24(32)30-22-9-5-2-6-10-22/h1-10,19-20H,11-18H2,(H2,27,29,31)(H2,28,30,32). The molecular formula is C26H32N4O2. The van der Waals surface area contributed by atoms with Crippen molar-refractivity contribution in [3.63, 3.8) is 0 Å². The average molecular weight is 433 g/mol. The summed E-state index contributed by atoms with van der Waals surface area (Å²) in [5.74, 6) is 1.41. The van der Waals surface area contributed by atoms with Gasteiger partial charge in [-0.3, -0.25) is 0 Å². The van der Waals surface area contributed by atoms with Crippen LogP contribution in [0.1, 0.15) is 38.5 Å². The monoisotopic (exact) mass is 432 g/mol. The molecule has 4 aliphatic carbocycles. The molecule has 6 nitrogen and oxygen atoms in total. The number of carbonyl (C=O) groups excluding carboxylic acids is 2. The molecule has 4 fully saturated rings. The van der Waals surface area contributed by atoms with Crippen molar-refractivity contribution >= 4 is 23.4 Å². The van der Waals surface area contributed by atoms with Crippen LogP contribution in [0.5, 0.6) is 0 Å². The van der Waals surface area contributed by atoms with Gasteiger partial charge in [0.1, 0.15) is 0 Å². The van der Waals surface area contributed by atoms with Crippen LogP contribution in [0.4, 0.5) is 21.0 Å². The van der Waals surface area contributed by atoms with Crippen molar-refractivity contribution in [2.24, 2.45) is 22.7 Å². The van der Waals surface area contributed by atoms with E-state index < -0.39 is 0 Å². The molecule has 4 bridgehead atoms. The molecule has 4 amide bonds. The van der Waals surface area contributed by atoms with Crippen LogP contribution in [0.2, 0.25) is 0 Å². The summed E-state index contributed by atoms with van der Waals surface area (Å²) < 4.78 is 0. The van der Waals surface area contributed by atoms with Crippen molar-refractivity contribution in [1.29, 1.82) is 0 Å². The van der Waals surface area contributed by atoms with Gasteiger partial charge in [0, 0.05) is 24.5 Å². The number of anilines is 2. The van der Waals surface area contributed by atoms with Crippen molar-refractivity contribution in [3.8, 4) is 0 Å². The van der Waals surface area contributed by atoms with Crippen molar-refractivity contribution in [2.75, 3.05) is 23.7 Å². The molecule has 2 aromatic carbocycles. The number of amides is 4. The summed E-state index contributed by atoms with van der Waals surface area (Å²) in [6.07, 6.45) is 7.13. The van der Waals surface area contributed by atoms with E-state index in [1.807, 2.05) is 60.7 Å². The lowest BCUT2D eigenvalue weighted by atomic mass is 9.44. The first-order valence-electron chi connectivity index (χ1n) is 11.7. The molecule has 6 heteroatoms. The summed E-state index contributed by atoms with van der Waals surface area (Å²) in [7, 11) is 0. The van der Waals surface area contributed by atoms with Crippen molar-refractivity contribution in [2.45, 2.75) is 38.5 Å². The third-order valence-electron chi connectivity index (χ3n) is 7.61. The van der Waals surface area contributed by atoms with Crippen LogP contribution in [0, 0.1) is 22.7 Å². The van der Waals surface area contributed by atoms with Crippen LogP contribution < -0.4 is 21.3 Å². The Balaban J connectivity index is 1.19. The number of para-hydroxylation sites is 2. The minimum absolute atomic E-state index is 0.138. The molecule has 0 saturated heterocycles. The predicted octanol–water partition coefficient (Wildman–Crippen LogP) is 5.22. The minimum Gasteiger partial charge on any atom is -0.337 e. The normalized spacial score (nSPS) is 29.9. The van der Waals surface area contributed by atoms with E-state index in [0.717, 1.165) is 17.8 Å². The van der Waals surface area contributed by atoms with Gasteiger partial charge < -0.3 is 21.3 Å². The first kappa shape index (κ1) is 20.9. The van der Waals surface area contributed by atoms with Crippen LogP contribution in [-0.4, -0.2) is 25.2 Å². The number of carbonyl (C=O) groups is 2.